The monoisotopic (exact) mass is 685 g/mol. The molecule has 2 aromatic rings. The normalized spacial score (nSPS) is 25.9. The number of nitrogens with zero attached hydrogens (tertiary/aromatic N) is 4. The largest absolute Gasteiger partial charge is 0.490 e. The van der Waals surface area contributed by atoms with Gasteiger partial charge in [0.2, 0.25) is 0 Å². The molecule has 0 aromatic carbocycles. The van der Waals surface area contributed by atoms with E-state index in [9.17, 15) is 4.79 Å². The fraction of sp³-hybridized carbons (Fsp3) is 0.704. The second-order valence-electron chi connectivity index (χ2n) is 12.0. The molecule has 2 N–H and O–H groups in total. The summed E-state index contributed by atoms with van der Waals surface area (Å²) in [6, 6.07) is 0. The lowest BCUT2D eigenvalue weighted by Gasteiger charge is -2.51. The van der Waals surface area contributed by atoms with Gasteiger partial charge in [-0.1, -0.05) is 55.4 Å². The number of aromatic nitrogens is 4. The van der Waals surface area contributed by atoms with Crippen molar-refractivity contribution in [2.75, 3.05) is 18.9 Å². The van der Waals surface area contributed by atoms with Crippen LogP contribution in [0.5, 0.6) is 0 Å². The van der Waals surface area contributed by atoms with Crippen LogP contribution >= 0.6 is 15.9 Å². The number of hydrogen-bond acceptors (Lipinski definition) is 11. The van der Waals surface area contributed by atoms with Crippen LogP contribution in [0.1, 0.15) is 68.5 Å². The second-order valence-corrected chi connectivity index (χ2v) is 21.5. The van der Waals surface area contributed by atoms with Crippen molar-refractivity contribution in [3.63, 3.8) is 0 Å². The van der Waals surface area contributed by atoms with E-state index in [0.717, 1.165) is 0 Å². The first kappa shape index (κ1) is 33.0. The number of nitrogens with two attached hydrogens (primary N) is 1. The molecule has 2 saturated heterocycles. The van der Waals surface area contributed by atoms with Crippen molar-refractivity contribution in [3.05, 3.63) is 23.4 Å². The minimum Gasteiger partial charge on any atom is -0.490 e. The van der Waals surface area contributed by atoms with Crippen LogP contribution in [0.2, 0.25) is 22.2 Å². The van der Waals surface area contributed by atoms with Gasteiger partial charge in [-0.2, -0.15) is 0 Å². The number of rotatable bonds is 9. The third kappa shape index (κ3) is 5.93. The summed E-state index contributed by atoms with van der Waals surface area (Å²) in [6.07, 6.45) is 1.37. The first-order valence-electron chi connectivity index (χ1n) is 14.6. The highest BCUT2D eigenvalue weighted by atomic mass is 79.9. The van der Waals surface area contributed by atoms with E-state index in [1.807, 2.05) is 0 Å². The van der Waals surface area contributed by atoms with E-state index < -0.39 is 47.6 Å². The highest BCUT2D eigenvalue weighted by Crippen LogP contribution is 2.49. The Balaban J connectivity index is 1.86. The highest BCUT2D eigenvalue weighted by molar-refractivity contribution is 9.10. The number of halogens is 1. The van der Waals surface area contributed by atoms with E-state index in [1.165, 1.54) is 18.7 Å². The summed E-state index contributed by atoms with van der Waals surface area (Å²) >= 11 is 3.57. The zero-order valence-electron chi connectivity index (χ0n) is 25.9. The first-order chi connectivity index (χ1) is 19.8. The summed E-state index contributed by atoms with van der Waals surface area (Å²) in [5.74, 6) is -0.269. The molecule has 0 unspecified atom stereocenters. The van der Waals surface area contributed by atoms with Crippen molar-refractivity contribution in [2.24, 2.45) is 0 Å². The van der Waals surface area contributed by atoms with Gasteiger partial charge in [0.05, 0.1) is 25.6 Å². The Hall–Kier alpha value is -1.89. The van der Waals surface area contributed by atoms with Crippen molar-refractivity contribution in [1.82, 2.24) is 19.5 Å². The number of carbonyl (C=O) groups is 1. The number of ether oxygens (including phenoxy) is 3. The van der Waals surface area contributed by atoms with Crippen LogP contribution in [0.15, 0.2) is 23.4 Å². The summed E-state index contributed by atoms with van der Waals surface area (Å²) in [7, 11) is -5.78. The molecule has 2 aromatic heterocycles. The van der Waals surface area contributed by atoms with Gasteiger partial charge >= 0.3 is 23.1 Å². The lowest BCUT2D eigenvalue weighted by atomic mass is 10.1. The highest BCUT2D eigenvalue weighted by Gasteiger charge is 2.62. The summed E-state index contributed by atoms with van der Waals surface area (Å²) in [6.45, 7) is 19.6. The third-order valence-electron chi connectivity index (χ3n) is 8.06. The van der Waals surface area contributed by atoms with Crippen LogP contribution in [-0.2, 0) is 32.0 Å². The average Bonchev–Trinajstić information content (AvgIpc) is 3.40. The van der Waals surface area contributed by atoms with Crippen molar-refractivity contribution in [3.8, 4) is 0 Å². The van der Waals surface area contributed by atoms with E-state index in [1.54, 1.807) is 11.5 Å². The number of hydrogen-bond donors (Lipinski definition) is 1. The molecular weight excluding hydrogens is 642 g/mol. The first-order valence-corrected chi connectivity index (χ1v) is 19.3. The van der Waals surface area contributed by atoms with Gasteiger partial charge in [0.15, 0.2) is 34.0 Å². The number of nitrogen functional groups attached to an aromatic ring is 1. The molecule has 234 valence electrons. The maximum Gasteiger partial charge on any atom is 0.335 e. The van der Waals surface area contributed by atoms with Crippen LogP contribution in [0, 0.1) is 0 Å². The maximum atomic E-state index is 12.1. The number of carbonyl (C=O) groups excluding carboxylic acids is 1. The zero-order chi connectivity index (χ0) is 31.0. The minimum atomic E-state index is -2.99. The van der Waals surface area contributed by atoms with E-state index in [2.05, 4.69) is 86.3 Å². The van der Waals surface area contributed by atoms with Crippen molar-refractivity contribution in [1.29, 1.82) is 0 Å². The van der Waals surface area contributed by atoms with Gasteiger partial charge in [-0.3, -0.25) is 4.57 Å². The number of fused-ring (bicyclic) bond motifs is 2. The fourth-order valence-corrected chi connectivity index (χ4v) is 17.7. The standard InChI is InChI=1S/C27H44BrN5O7Si2/c1-10-35-20(34)11-12-36-23-22-19(38-26(23)33-25-21(32-27(33)28)24(29)30-14-31-25)13-37-41(15(2)3,16(4)5)40-42(39-22,17(6)7)18(8)9/h11-12,14-19,22-23,26H,10,13H2,1-9H3,(H2,29,30,31)/b12-11+/t19-,22-,23-,26-/m1/s1. The Kier molecular flexibility index (Phi) is 10.2. The van der Waals surface area contributed by atoms with Crippen LogP contribution < -0.4 is 5.73 Å². The summed E-state index contributed by atoms with van der Waals surface area (Å²) in [5, 5.41) is 0. The Morgan fingerprint density at radius 3 is 2.36 bits per heavy atom. The van der Waals surface area contributed by atoms with E-state index >= 15 is 0 Å². The molecule has 4 atom stereocenters. The van der Waals surface area contributed by atoms with Crippen LogP contribution in [-0.4, -0.2) is 74.1 Å². The van der Waals surface area contributed by atoms with Gasteiger partial charge in [0, 0.05) is 0 Å². The number of anilines is 1. The SMILES string of the molecule is CCOC(=O)/C=C/O[C@@H]1[C@@H]2O[Si](C(C)C)(C(C)C)O[Si](C(C)C)(C(C)C)OC[C@H]2O[C@H]1n1c(Br)nc2c(N)ncnc21. The molecule has 2 aliphatic rings. The average molecular weight is 687 g/mol. The van der Waals surface area contributed by atoms with Crippen molar-refractivity contribution in [2.45, 2.75) is 109 Å². The lowest BCUT2D eigenvalue weighted by Crippen LogP contribution is -2.65. The summed E-state index contributed by atoms with van der Waals surface area (Å²) in [4.78, 5) is 25.2. The van der Waals surface area contributed by atoms with Crippen molar-refractivity contribution >= 4 is 56.0 Å². The summed E-state index contributed by atoms with van der Waals surface area (Å²) < 4.78 is 41.8. The van der Waals surface area contributed by atoms with Crippen LogP contribution in [0.4, 0.5) is 5.82 Å². The van der Waals surface area contributed by atoms with Gasteiger partial charge in [-0.25, -0.2) is 19.7 Å². The zero-order valence-corrected chi connectivity index (χ0v) is 29.5. The predicted octanol–water partition coefficient (Wildman–Crippen LogP) is 5.49. The van der Waals surface area contributed by atoms with Gasteiger partial charge < -0.3 is 32.9 Å². The third-order valence-corrected chi connectivity index (χ3v) is 18.9. The predicted molar refractivity (Wildman–Crippen MR) is 166 cm³/mol. The molecule has 0 amide bonds. The maximum absolute atomic E-state index is 12.1. The number of esters is 1. The fourth-order valence-electron chi connectivity index (χ4n) is 5.98. The quantitative estimate of drug-likeness (QED) is 0.118. The molecule has 2 aliphatic heterocycles. The van der Waals surface area contributed by atoms with E-state index in [-0.39, 0.29) is 41.2 Å². The Bertz CT molecular complexity index is 1280. The van der Waals surface area contributed by atoms with Gasteiger partial charge in [0.25, 0.3) is 0 Å². The molecule has 0 radical (unpaired) electrons. The van der Waals surface area contributed by atoms with Crippen LogP contribution in [0.3, 0.4) is 0 Å². The molecule has 12 nitrogen and oxygen atoms in total. The van der Waals surface area contributed by atoms with Gasteiger partial charge in [-0.05, 0) is 45.0 Å². The molecule has 0 aliphatic carbocycles. The smallest absolute Gasteiger partial charge is 0.335 e. The molecule has 15 heteroatoms. The van der Waals surface area contributed by atoms with Crippen LogP contribution in [0.25, 0.3) is 11.2 Å². The minimum absolute atomic E-state index is 0.104. The molecule has 0 saturated carbocycles. The molecule has 0 bridgehead atoms. The van der Waals surface area contributed by atoms with E-state index in [4.69, 9.17) is 32.9 Å². The Morgan fingerprint density at radius 1 is 1.12 bits per heavy atom. The Morgan fingerprint density at radius 2 is 1.76 bits per heavy atom. The molecule has 0 spiro atoms. The molecule has 2 fully saturated rings. The van der Waals surface area contributed by atoms with Gasteiger partial charge in [-0.15, -0.1) is 0 Å². The van der Waals surface area contributed by atoms with Gasteiger partial charge in [0.1, 0.15) is 18.5 Å². The molecular formula is C27H44BrN5O7Si2. The topological polar surface area (TPSA) is 142 Å². The second kappa shape index (κ2) is 13.0. The van der Waals surface area contributed by atoms with Crippen molar-refractivity contribution < 1.29 is 32.0 Å². The Labute approximate surface area is 258 Å². The van der Waals surface area contributed by atoms with E-state index in [0.29, 0.717) is 15.9 Å². The molecule has 4 rings (SSSR count). The lowest BCUT2D eigenvalue weighted by molar-refractivity contribution is -0.137. The molecule has 42 heavy (non-hydrogen) atoms. The molecule has 4 heterocycles. The summed E-state index contributed by atoms with van der Waals surface area (Å²) in [5.41, 5.74) is 7.60. The number of imidazole rings is 1.